The molecule has 3 amide bonds. The van der Waals surface area contributed by atoms with Crippen LogP contribution in [0.4, 0.5) is 5.69 Å². The molecule has 2 N–H and O–H groups in total. The van der Waals surface area contributed by atoms with Crippen molar-refractivity contribution in [1.29, 1.82) is 0 Å². The molecule has 0 aromatic heterocycles. The minimum atomic E-state index is -0.675. The number of ether oxygens (including phenoxy) is 2. The average molecular weight is 710 g/mol. The van der Waals surface area contributed by atoms with Gasteiger partial charge in [0.1, 0.15) is 18.4 Å². The molecule has 1 aliphatic carbocycles. The largest absolute Gasteiger partial charge is 0.494 e. The van der Waals surface area contributed by atoms with Gasteiger partial charge in [-0.25, -0.2) is 0 Å². The summed E-state index contributed by atoms with van der Waals surface area (Å²) in [6.45, 7) is 7.63. The second-order valence-corrected chi connectivity index (χ2v) is 14.5. The summed E-state index contributed by atoms with van der Waals surface area (Å²) in [6, 6.07) is 20.4. The highest BCUT2D eigenvalue weighted by molar-refractivity contribution is 6.31. The third-order valence-corrected chi connectivity index (χ3v) is 9.07. The highest BCUT2D eigenvalue weighted by Gasteiger charge is 2.41. The lowest BCUT2D eigenvalue weighted by Gasteiger charge is -2.38. The molecule has 11 heteroatoms. The molecule has 2 aliphatic rings. The Bertz CT molecular complexity index is 1610. The van der Waals surface area contributed by atoms with Crippen molar-refractivity contribution in [2.75, 3.05) is 37.7 Å². The molecule has 49 heavy (non-hydrogen) atoms. The van der Waals surface area contributed by atoms with Crippen LogP contribution in [0.5, 0.6) is 5.75 Å². The topological polar surface area (TPSA) is 100 Å². The van der Waals surface area contributed by atoms with E-state index in [0.717, 1.165) is 48.1 Å². The van der Waals surface area contributed by atoms with Crippen molar-refractivity contribution >= 4 is 46.6 Å². The first-order chi connectivity index (χ1) is 23.5. The van der Waals surface area contributed by atoms with Crippen LogP contribution < -0.4 is 20.3 Å². The zero-order chi connectivity index (χ0) is 35.0. The molecular weight excluding hydrogens is 663 g/mol. The van der Waals surface area contributed by atoms with Gasteiger partial charge in [0.05, 0.1) is 18.8 Å². The maximum atomic E-state index is 14.2. The molecule has 5 rings (SSSR count). The Kier molecular flexibility index (Phi) is 12.6. The summed E-state index contributed by atoms with van der Waals surface area (Å²) >= 11 is 12.7. The van der Waals surface area contributed by atoms with Crippen LogP contribution in [0.25, 0.3) is 0 Å². The summed E-state index contributed by atoms with van der Waals surface area (Å²) in [6.07, 6.45) is 4.07. The molecule has 0 spiro atoms. The van der Waals surface area contributed by atoms with E-state index in [0.29, 0.717) is 48.4 Å². The standard InChI is InChI=1S/C38H46Cl2N4O5/c1-38(2,3)49-25-35(45)42-18-17-27-11-16-33(40)28(20-27)24-43(30-14-15-30)37(47)34-22-41-23-36(46)44(34)31-12-9-26(10-13-31)6-5-19-48-32-8-4-7-29(39)21-32/h4,7-13,16,20-21,30,34,41H,5-6,14-15,17-19,22-25H2,1-3H3,(H,42,45)/t34-/m1/s1. The Hall–Kier alpha value is -3.63. The van der Waals surface area contributed by atoms with Crippen LogP contribution >= 0.6 is 23.2 Å². The van der Waals surface area contributed by atoms with Crippen LogP contribution in [0, 0.1) is 0 Å². The second-order valence-electron chi connectivity index (χ2n) is 13.6. The summed E-state index contributed by atoms with van der Waals surface area (Å²) in [4.78, 5) is 43.2. The van der Waals surface area contributed by atoms with Crippen molar-refractivity contribution in [1.82, 2.24) is 15.5 Å². The minimum Gasteiger partial charge on any atom is -0.494 e. The van der Waals surface area contributed by atoms with E-state index in [4.69, 9.17) is 32.7 Å². The Labute approximate surface area is 299 Å². The highest BCUT2D eigenvalue weighted by atomic mass is 35.5. The van der Waals surface area contributed by atoms with Gasteiger partial charge in [-0.3, -0.25) is 19.3 Å². The molecule has 262 valence electrons. The summed E-state index contributed by atoms with van der Waals surface area (Å²) in [5, 5.41) is 7.26. The zero-order valence-corrected chi connectivity index (χ0v) is 30.0. The molecule has 3 aromatic carbocycles. The number of benzene rings is 3. The fourth-order valence-electron chi connectivity index (χ4n) is 5.77. The average Bonchev–Trinajstić information content (AvgIpc) is 3.91. The predicted molar refractivity (Wildman–Crippen MR) is 193 cm³/mol. The van der Waals surface area contributed by atoms with E-state index in [-0.39, 0.29) is 42.5 Å². The predicted octanol–water partition coefficient (Wildman–Crippen LogP) is 5.97. The van der Waals surface area contributed by atoms with Gasteiger partial charge in [0.2, 0.25) is 17.7 Å². The fraction of sp³-hybridized carbons (Fsp3) is 0.447. The monoisotopic (exact) mass is 708 g/mol. The Balaban J connectivity index is 1.20. The third-order valence-electron chi connectivity index (χ3n) is 8.46. The van der Waals surface area contributed by atoms with Gasteiger partial charge in [0.25, 0.3) is 0 Å². The number of halogens is 2. The van der Waals surface area contributed by atoms with E-state index in [2.05, 4.69) is 10.6 Å². The Morgan fingerprint density at radius 1 is 1.00 bits per heavy atom. The van der Waals surface area contributed by atoms with Gasteiger partial charge in [-0.1, -0.05) is 53.5 Å². The van der Waals surface area contributed by atoms with Gasteiger partial charge < -0.3 is 25.0 Å². The summed E-state index contributed by atoms with van der Waals surface area (Å²) < 4.78 is 11.4. The first-order valence-corrected chi connectivity index (χ1v) is 17.7. The summed E-state index contributed by atoms with van der Waals surface area (Å²) in [5.41, 5.74) is 3.29. The Morgan fingerprint density at radius 2 is 1.76 bits per heavy atom. The third kappa shape index (κ3) is 10.9. The normalized spacial score (nSPS) is 16.4. The number of anilines is 1. The highest BCUT2D eigenvalue weighted by Crippen LogP contribution is 2.32. The molecule has 0 radical (unpaired) electrons. The SMILES string of the molecule is CC(C)(C)OCC(=O)NCCc1ccc(Cl)c(CN(C(=O)[C@H]2CNCC(=O)N2c2ccc(CCCOc3cccc(Cl)c3)cc2)C2CC2)c1. The number of carbonyl (C=O) groups excluding carboxylic acids is 3. The van der Waals surface area contributed by atoms with E-state index in [1.807, 2.05) is 86.3 Å². The summed E-state index contributed by atoms with van der Waals surface area (Å²) in [5.74, 6) is 0.342. The molecule has 0 bridgehead atoms. The lowest BCUT2D eigenvalue weighted by Crippen LogP contribution is -2.61. The van der Waals surface area contributed by atoms with Gasteiger partial charge in [-0.05, 0) is 106 Å². The number of amides is 3. The first kappa shape index (κ1) is 36.6. The number of hydrogen-bond donors (Lipinski definition) is 2. The molecule has 1 saturated carbocycles. The molecule has 1 atom stereocenters. The maximum absolute atomic E-state index is 14.2. The Morgan fingerprint density at radius 3 is 2.47 bits per heavy atom. The van der Waals surface area contributed by atoms with E-state index in [1.54, 1.807) is 11.0 Å². The van der Waals surface area contributed by atoms with E-state index in [1.165, 1.54) is 0 Å². The van der Waals surface area contributed by atoms with Crippen LogP contribution in [0.1, 0.15) is 56.7 Å². The summed E-state index contributed by atoms with van der Waals surface area (Å²) in [7, 11) is 0. The molecule has 9 nitrogen and oxygen atoms in total. The van der Waals surface area contributed by atoms with Crippen molar-refractivity contribution in [2.24, 2.45) is 0 Å². The number of nitrogens with one attached hydrogen (secondary N) is 2. The lowest BCUT2D eigenvalue weighted by molar-refractivity contribution is -0.136. The first-order valence-electron chi connectivity index (χ1n) is 17.0. The smallest absolute Gasteiger partial charge is 0.247 e. The zero-order valence-electron chi connectivity index (χ0n) is 28.5. The van der Waals surface area contributed by atoms with Crippen molar-refractivity contribution in [3.8, 4) is 5.75 Å². The van der Waals surface area contributed by atoms with Gasteiger partial charge in [-0.15, -0.1) is 0 Å². The van der Waals surface area contributed by atoms with Crippen molar-refractivity contribution in [2.45, 2.75) is 77.1 Å². The van der Waals surface area contributed by atoms with Crippen LogP contribution in [0.15, 0.2) is 66.7 Å². The number of rotatable bonds is 15. The fourth-order valence-corrected chi connectivity index (χ4v) is 6.12. The van der Waals surface area contributed by atoms with Gasteiger partial charge >= 0.3 is 0 Å². The van der Waals surface area contributed by atoms with Gasteiger partial charge in [0.15, 0.2) is 0 Å². The molecule has 2 fully saturated rings. The second kappa shape index (κ2) is 16.9. The van der Waals surface area contributed by atoms with Crippen molar-refractivity contribution in [3.05, 3.63) is 93.5 Å². The molecule has 1 aliphatic heterocycles. The molecule has 3 aromatic rings. The minimum absolute atomic E-state index is 0.00844. The van der Waals surface area contributed by atoms with Crippen molar-refractivity contribution < 1.29 is 23.9 Å². The molecule has 0 unspecified atom stereocenters. The van der Waals surface area contributed by atoms with Crippen molar-refractivity contribution in [3.63, 3.8) is 0 Å². The molecular formula is C38H46Cl2N4O5. The molecule has 1 saturated heterocycles. The van der Waals surface area contributed by atoms with Gasteiger partial charge in [-0.2, -0.15) is 0 Å². The van der Waals surface area contributed by atoms with E-state index < -0.39 is 6.04 Å². The number of aryl methyl sites for hydroxylation is 1. The number of carbonyl (C=O) groups is 3. The number of piperazine rings is 1. The van der Waals surface area contributed by atoms with Crippen LogP contribution in [0.3, 0.4) is 0 Å². The van der Waals surface area contributed by atoms with E-state index in [9.17, 15) is 14.4 Å². The van der Waals surface area contributed by atoms with Crippen LogP contribution in [-0.4, -0.2) is 73.2 Å². The van der Waals surface area contributed by atoms with Crippen LogP contribution in [0.2, 0.25) is 10.0 Å². The number of hydrogen-bond acceptors (Lipinski definition) is 6. The quantitative estimate of drug-likeness (QED) is 0.189. The van der Waals surface area contributed by atoms with E-state index >= 15 is 0 Å². The lowest BCUT2D eigenvalue weighted by atomic mass is 10.0. The number of nitrogens with zero attached hydrogens (tertiary/aromatic N) is 2. The van der Waals surface area contributed by atoms with Crippen LogP contribution in [-0.2, 0) is 38.5 Å². The maximum Gasteiger partial charge on any atom is 0.247 e. The van der Waals surface area contributed by atoms with Gasteiger partial charge in [0, 0.05) is 41.4 Å². The molecule has 1 heterocycles.